The monoisotopic (exact) mass is 558 g/mol. The Balaban J connectivity index is 0.00000353. The van der Waals surface area contributed by atoms with E-state index in [1.165, 1.54) is 41.6 Å². The van der Waals surface area contributed by atoms with Gasteiger partial charge in [-0.3, -0.25) is 4.90 Å². The summed E-state index contributed by atoms with van der Waals surface area (Å²) in [6.45, 7) is 10.7. The molecule has 39 heavy (non-hydrogen) atoms. The van der Waals surface area contributed by atoms with E-state index in [1.54, 1.807) is 21.3 Å². The van der Waals surface area contributed by atoms with E-state index in [-0.39, 0.29) is 12.4 Å². The van der Waals surface area contributed by atoms with Gasteiger partial charge in [-0.25, -0.2) is 0 Å². The van der Waals surface area contributed by atoms with Crippen molar-refractivity contribution in [3.63, 3.8) is 0 Å². The van der Waals surface area contributed by atoms with Crippen molar-refractivity contribution >= 4 is 12.4 Å². The van der Waals surface area contributed by atoms with Crippen molar-refractivity contribution in [1.29, 1.82) is 0 Å². The summed E-state index contributed by atoms with van der Waals surface area (Å²) in [4.78, 5) is 2.72. The third kappa shape index (κ3) is 6.13. The third-order valence-electron chi connectivity index (χ3n) is 9.00. The quantitative estimate of drug-likeness (QED) is 0.385. The van der Waals surface area contributed by atoms with Gasteiger partial charge in [-0.05, 0) is 96.5 Å². The van der Waals surface area contributed by atoms with Gasteiger partial charge in [-0.15, -0.1) is 12.4 Å². The summed E-state index contributed by atoms with van der Waals surface area (Å²) in [5.74, 6) is 5.24. The summed E-state index contributed by atoms with van der Waals surface area (Å²) in [6.07, 6.45) is 5.65. The molecule has 7 heteroatoms. The average Bonchev–Trinajstić information content (AvgIpc) is 2.94. The van der Waals surface area contributed by atoms with Gasteiger partial charge in [-0.2, -0.15) is 0 Å². The first kappa shape index (κ1) is 29.8. The fourth-order valence-corrected chi connectivity index (χ4v) is 6.95. The van der Waals surface area contributed by atoms with Crippen LogP contribution in [0.5, 0.6) is 23.0 Å². The molecule has 0 unspecified atom stereocenters. The molecular formula is C32H47ClN2O4. The number of piperidine rings is 1. The topological polar surface area (TPSA) is 52.2 Å². The predicted octanol–water partition coefficient (Wildman–Crippen LogP) is 6.39. The summed E-state index contributed by atoms with van der Waals surface area (Å²) in [7, 11) is 5.22. The highest BCUT2D eigenvalue weighted by Crippen LogP contribution is 2.48. The van der Waals surface area contributed by atoms with Gasteiger partial charge in [0.05, 0.1) is 27.9 Å². The Bertz CT molecular complexity index is 1120. The van der Waals surface area contributed by atoms with Crippen LogP contribution in [-0.4, -0.2) is 52.5 Å². The van der Waals surface area contributed by atoms with Gasteiger partial charge in [0.1, 0.15) is 0 Å². The minimum Gasteiger partial charge on any atom is -0.493 e. The second-order valence-electron chi connectivity index (χ2n) is 11.7. The van der Waals surface area contributed by atoms with E-state index in [1.807, 2.05) is 0 Å². The van der Waals surface area contributed by atoms with Crippen molar-refractivity contribution in [2.24, 2.45) is 17.8 Å². The normalized spacial score (nSPS) is 24.2. The highest BCUT2D eigenvalue weighted by atomic mass is 35.5. The molecule has 3 heterocycles. The van der Waals surface area contributed by atoms with Crippen molar-refractivity contribution in [2.45, 2.75) is 65.0 Å². The van der Waals surface area contributed by atoms with E-state index in [0.717, 1.165) is 55.4 Å². The number of benzene rings is 2. The first-order valence-electron chi connectivity index (χ1n) is 14.5. The maximum Gasteiger partial charge on any atom is 0.161 e. The van der Waals surface area contributed by atoms with Crippen LogP contribution in [0.4, 0.5) is 0 Å². The molecule has 2 aromatic carbocycles. The lowest BCUT2D eigenvalue weighted by Crippen LogP contribution is -2.46. The molecule has 4 atom stereocenters. The molecule has 1 fully saturated rings. The smallest absolute Gasteiger partial charge is 0.161 e. The standard InChI is InChI=1S/C32H46N2O4.ClH/c1-7-21-18-34-11-9-23-14-29(35-4)30(36-5)17-26(23)28(34)13-24(21)12-27-25-16-31(37-6)32(38-19-20(2)3)15-22(25)8-10-33-27;/h14-17,20-21,24,27-28,33H,7-13,18-19H2,1-6H3;1H/t21-,24-,27+,28-;/m0./s1. The second kappa shape index (κ2) is 13.0. The van der Waals surface area contributed by atoms with E-state index < -0.39 is 0 Å². The first-order valence-corrected chi connectivity index (χ1v) is 14.5. The van der Waals surface area contributed by atoms with Gasteiger partial charge in [0.2, 0.25) is 0 Å². The molecule has 0 radical (unpaired) electrons. The molecule has 5 rings (SSSR count). The van der Waals surface area contributed by atoms with E-state index in [9.17, 15) is 0 Å². The van der Waals surface area contributed by atoms with Gasteiger partial charge < -0.3 is 24.3 Å². The molecule has 1 saturated heterocycles. The Morgan fingerprint density at radius 2 is 1.51 bits per heavy atom. The number of fused-ring (bicyclic) bond motifs is 4. The molecule has 3 aliphatic rings. The second-order valence-corrected chi connectivity index (χ2v) is 11.7. The third-order valence-corrected chi connectivity index (χ3v) is 9.00. The van der Waals surface area contributed by atoms with Crippen molar-refractivity contribution in [3.8, 4) is 23.0 Å². The number of ether oxygens (including phenoxy) is 4. The number of hydrogen-bond acceptors (Lipinski definition) is 6. The summed E-state index contributed by atoms with van der Waals surface area (Å²) in [5.41, 5.74) is 5.63. The summed E-state index contributed by atoms with van der Waals surface area (Å²) < 4.78 is 23.2. The van der Waals surface area contributed by atoms with Crippen molar-refractivity contribution < 1.29 is 18.9 Å². The SMILES string of the molecule is CC[C@H]1CN2CCc3cc(OC)c(OC)cc3[C@@H]2C[C@@H]1C[C@H]1NCCc2cc(OCC(C)C)c(OC)cc21.Cl. The molecule has 216 valence electrons. The molecule has 0 spiro atoms. The van der Waals surface area contributed by atoms with E-state index >= 15 is 0 Å². The van der Waals surface area contributed by atoms with Crippen LogP contribution in [0.3, 0.4) is 0 Å². The predicted molar refractivity (Wildman–Crippen MR) is 159 cm³/mol. The maximum absolute atomic E-state index is 6.13. The first-order chi connectivity index (χ1) is 18.4. The molecule has 0 aliphatic carbocycles. The number of nitrogens with zero attached hydrogens (tertiary/aromatic N) is 1. The van der Waals surface area contributed by atoms with Gasteiger partial charge in [0.15, 0.2) is 23.0 Å². The zero-order valence-electron chi connectivity index (χ0n) is 24.5. The van der Waals surface area contributed by atoms with Crippen LogP contribution in [-0.2, 0) is 12.8 Å². The van der Waals surface area contributed by atoms with Crippen LogP contribution in [0.15, 0.2) is 24.3 Å². The van der Waals surface area contributed by atoms with Crippen LogP contribution in [0.1, 0.15) is 74.4 Å². The Hall–Kier alpha value is -2.15. The number of halogens is 1. The molecule has 3 aliphatic heterocycles. The fraction of sp³-hybridized carbons (Fsp3) is 0.625. The largest absolute Gasteiger partial charge is 0.493 e. The molecule has 1 N–H and O–H groups in total. The Morgan fingerprint density at radius 1 is 0.872 bits per heavy atom. The Morgan fingerprint density at radius 3 is 2.21 bits per heavy atom. The Kier molecular flexibility index (Phi) is 9.95. The highest BCUT2D eigenvalue weighted by molar-refractivity contribution is 5.85. The number of methoxy groups -OCH3 is 3. The van der Waals surface area contributed by atoms with Crippen molar-refractivity contribution in [1.82, 2.24) is 10.2 Å². The van der Waals surface area contributed by atoms with Crippen LogP contribution in [0.25, 0.3) is 0 Å². The van der Waals surface area contributed by atoms with E-state index in [2.05, 4.69) is 55.3 Å². The minimum atomic E-state index is 0. The molecule has 2 aromatic rings. The number of hydrogen-bond donors (Lipinski definition) is 1. The van der Waals surface area contributed by atoms with Gasteiger partial charge >= 0.3 is 0 Å². The summed E-state index contributed by atoms with van der Waals surface area (Å²) in [5, 5.41) is 3.87. The average molecular weight is 559 g/mol. The lowest BCUT2D eigenvalue weighted by Gasteiger charge is -2.48. The van der Waals surface area contributed by atoms with Gasteiger partial charge in [0.25, 0.3) is 0 Å². The molecule has 0 bridgehead atoms. The van der Waals surface area contributed by atoms with Crippen molar-refractivity contribution in [3.05, 3.63) is 46.5 Å². The van der Waals surface area contributed by atoms with Gasteiger partial charge in [-0.1, -0.05) is 27.2 Å². The van der Waals surface area contributed by atoms with Crippen LogP contribution < -0.4 is 24.3 Å². The molecule has 0 amide bonds. The van der Waals surface area contributed by atoms with Gasteiger partial charge in [0, 0.05) is 25.2 Å². The maximum atomic E-state index is 6.13. The minimum absolute atomic E-state index is 0. The lowest BCUT2D eigenvalue weighted by atomic mass is 9.72. The summed E-state index contributed by atoms with van der Waals surface area (Å²) in [6, 6.07) is 9.70. The Labute approximate surface area is 241 Å². The van der Waals surface area contributed by atoms with Crippen molar-refractivity contribution in [2.75, 3.05) is 47.6 Å². The molecule has 6 nitrogen and oxygen atoms in total. The van der Waals surface area contributed by atoms with Crippen LogP contribution >= 0.6 is 12.4 Å². The highest BCUT2D eigenvalue weighted by Gasteiger charge is 2.40. The summed E-state index contributed by atoms with van der Waals surface area (Å²) >= 11 is 0. The van der Waals surface area contributed by atoms with Crippen LogP contribution in [0, 0.1) is 17.8 Å². The van der Waals surface area contributed by atoms with E-state index in [0.29, 0.717) is 36.4 Å². The molecule has 0 aromatic heterocycles. The fourth-order valence-electron chi connectivity index (χ4n) is 6.95. The number of rotatable bonds is 9. The zero-order valence-corrected chi connectivity index (χ0v) is 25.4. The zero-order chi connectivity index (χ0) is 26.8. The van der Waals surface area contributed by atoms with Crippen LogP contribution in [0.2, 0.25) is 0 Å². The number of nitrogens with one attached hydrogen (secondary N) is 1. The molecule has 0 saturated carbocycles. The van der Waals surface area contributed by atoms with E-state index in [4.69, 9.17) is 18.9 Å². The lowest BCUT2D eigenvalue weighted by molar-refractivity contribution is 0.0434. The molecular weight excluding hydrogens is 512 g/mol.